The second-order valence-corrected chi connectivity index (χ2v) is 9.79. The van der Waals surface area contributed by atoms with E-state index in [-0.39, 0.29) is 0 Å². The molecule has 0 bridgehead atoms. The molecule has 0 aromatic carbocycles. The van der Waals surface area contributed by atoms with Gasteiger partial charge in [0.25, 0.3) is 0 Å². The van der Waals surface area contributed by atoms with E-state index in [9.17, 15) is 0 Å². The molecule has 21 heavy (non-hydrogen) atoms. The van der Waals surface area contributed by atoms with Crippen molar-refractivity contribution in [2.75, 3.05) is 14.1 Å². The second kappa shape index (κ2) is 7.88. The fraction of sp³-hybridized carbons (Fsp3) is 0.579. The average molecular weight is 365 g/mol. The molecule has 2 aliphatic rings. The first kappa shape index (κ1) is 18.9. The van der Waals surface area contributed by atoms with Crippen molar-refractivity contribution >= 4 is 0 Å². The Morgan fingerprint density at radius 1 is 1.14 bits per heavy atom. The van der Waals surface area contributed by atoms with Gasteiger partial charge in [-0.2, -0.15) is 0 Å². The van der Waals surface area contributed by atoms with E-state index in [1.165, 1.54) is 12.8 Å². The van der Waals surface area contributed by atoms with Gasteiger partial charge in [0, 0.05) is 0 Å². The molecule has 0 aliphatic heterocycles. The summed E-state index contributed by atoms with van der Waals surface area (Å²) in [6, 6.07) is 0. The second-order valence-electron chi connectivity index (χ2n) is 6.46. The van der Waals surface area contributed by atoms with E-state index < -0.39 is 23.2 Å². The van der Waals surface area contributed by atoms with Gasteiger partial charge in [0.2, 0.25) is 0 Å². The molecule has 0 atom stereocenters. The van der Waals surface area contributed by atoms with Crippen molar-refractivity contribution in [3.05, 3.63) is 41.0 Å². The molecule has 0 aromatic rings. The van der Waals surface area contributed by atoms with Gasteiger partial charge in [-0.25, -0.2) is 0 Å². The molecular weight excluding hydrogens is 333 g/mol. The number of hydrogen-bond acceptors (Lipinski definition) is 1. The van der Waals surface area contributed by atoms with E-state index in [0.29, 0.717) is 5.41 Å². The third-order valence-corrected chi connectivity index (χ3v) is 9.85. The van der Waals surface area contributed by atoms with Crippen LogP contribution in [0.3, 0.4) is 0 Å². The summed E-state index contributed by atoms with van der Waals surface area (Å²) in [6.07, 6.45) is 7.17. The maximum atomic E-state index is 2.75. The molecule has 0 radical (unpaired) electrons. The molecule has 0 heterocycles. The van der Waals surface area contributed by atoms with Gasteiger partial charge >= 0.3 is 124 Å². The normalized spacial score (nSPS) is 20.2. The zero-order valence-electron chi connectivity index (χ0n) is 15.1. The summed E-state index contributed by atoms with van der Waals surface area (Å²) < 4.78 is 3.62. The van der Waals surface area contributed by atoms with Crippen molar-refractivity contribution in [1.29, 1.82) is 0 Å². The molecule has 2 heteroatoms. The van der Waals surface area contributed by atoms with E-state index in [0.717, 1.165) is 0 Å². The molecule has 2 rings (SSSR count). The van der Waals surface area contributed by atoms with Crippen molar-refractivity contribution in [2.45, 2.75) is 54.4 Å². The Labute approximate surface area is 143 Å². The number of allylic oxidation sites excluding steroid dienone is 8. The first-order valence-corrected chi connectivity index (χ1v) is 10.4. The van der Waals surface area contributed by atoms with Crippen LogP contribution in [0.5, 0.6) is 0 Å². The third kappa shape index (κ3) is 3.96. The molecule has 0 saturated carbocycles. The first-order chi connectivity index (χ1) is 9.81. The fourth-order valence-corrected chi connectivity index (χ4v) is 7.48. The van der Waals surface area contributed by atoms with Crippen LogP contribution >= 0.6 is 0 Å². The van der Waals surface area contributed by atoms with Crippen LogP contribution < -0.4 is 5.32 Å². The molecule has 0 spiro atoms. The van der Waals surface area contributed by atoms with Crippen LogP contribution in [-0.2, 0) is 23.2 Å². The van der Waals surface area contributed by atoms with Crippen LogP contribution in [0.15, 0.2) is 41.0 Å². The Hall–Kier alpha value is -0.197. The predicted octanol–water partition coefficient (Wildman–Crippen LogP) is 5.18. The summed E-state index contributed by atoms with van der Waals surface area (Å²) in [5, 5.41) is 2.75. The largest absolute Gasteiger partial charge is 0.323 e. The van der Waals surface area contributed by atoms with E-state index in [2.05, 4.69) is 59.0 Å². The van der Waals surface area contributed by atoms with Gasteiger partial charge < -0.3 is 5.32 Å². The first-order valence-electron chi connectivity index (χ1n) is 7.94. The van der Waals surface area contributed by atoms with Crippen molar-refractivity contribution < 1.29 is 23.2 Å². The minimum atomic E-state index is -0.573. The molecule has 1 nitrogen and oxygen atoms in total. The summed E-state index contributed by atoms with van der Waals surface area (Å²) in [7, 11) is 3.75. The molecule has 0 aromatic heterocycles. The number of nitrogens with one attached hydrogen (secondary N) is 1. The standard InChI is InChI=1S/C10H15.C7H9.C2H7N.Zr/c1-7-6-10(4,5)9(3)8(7)2;1-2-7-5-3-4-6-7;1-3-2;/h1-5H3;3,5H,2,4H2,1H3;3H,1-2H3;. The molecule has 2 aliphatic carbocycles. The van der Waals surface area contributed by atoms with E-state index in [1.807, 2.05) is 20.7 Å². The Kier molecular flexibility index (Phi) is 7.08. The Morgan fingerprint density at radius 3 is 2.14 bits per heavy atom. The molecule has 116 valence electrons. The Bertz CT molecular complexity index is 516. The SMILES string of the molecule is CCC1=[C]([Zr][C]2=C(C)C(C)=C(C)C2(C)C)CC=C1.CNC. The minimum absolute atomic E-state index is 0.328. The van der Waals surface area contributed by atoms with Crippen molar-refractivity contribution in [3.8, 4) is 0 Å². The zero-order valence-corrected chi connectivity index (χ0v) is 17.5. The minimum Gasteiger partial charge on any atom is -0.323 e. The molecule has 0 saturated heterocycles. The van der Waals surface area contributed by atoms with Crippen LogP contribution in [0, 0.1) is 5.41 Å². The maximum absolute atomic E-state index is 2.75. The number of rotatable bonds is 3. The third-order valence-electron chi connectivity index (χ3n) is 4.75. The van der Waals surface area contributed by atoms with Crippen LogP contribution in [0.25, 0.3) is 0 Å². The number of hydrogen-bond donors (Lipinski definition) is 1. The van der Waals surface area contributed by atoms with Gasteiger partial charge in [-0.05, 0) is 14.1 Å². The molecule has 0 fully saturated rings. The van der Waals surface area contributed by atoms with Gasteiger partial charge in [0.05, 0.1) is 0 Å². The van der Waals surface area contributed by atoms with Gasteiger partial charge in [-0.3, -0.25) is 0 Å². The van der Waals surface area contributed by atoms with Crippen molar-refractivity contribution in [2.24, 2.45) is 5.41 Å². The molecule has 1 N–H and O–H groups in total. The fourth-order valence-electron chi connectivity index (χ4n) is 3.01. The quantitative estimate of drug-likeness (QED) is 0.727. The summed E-state index contributed by atoms with van der Waals surface area (Å²) in [5.41, 5.74) is 6.73. The van der Waals surface area contributed by atoms with E-state index in [1.54, 1.807) is 22.3 Å². The average Bonchev–Trinajstić information content (AvgIpc) is 2.94. The van der Waals surface area contributed by atoms with Crippen LogP contribution in [0.2, 0.25) is 0 Å². The van der Waals surface area contributed by atoms with Gasteiger partial charge in [0.1, 0.15) is 0 Å². The summed E-state index contributed by atoms with van der Waals surface area (Å²) in [4.78, 5) is 0. The smallest absolute Gasteiger partial charge is 0.0167 e. The maximum Gasteiger partial charge on any atom is -0.0167 e. The summed E-state index contributed by atoms with van der Waals surface area (Å²) in [5.74, 6) is 0. The summed E-state index contributed by atoms with van der Waals surface area (Å²) in [6.45, 7) is 14.1. The van der Waals surface area contributed by atoms with Gasteiger partial charge in [-0.1, -0.05) is 0 Å². The van der Waals surface area contributed by atoms with Crippen LogP contribution in [-0.4, -0.2) is 14.1 Å². The molecule has 0 unspecified atom stereocenters. The van der Waals surface area contributed by atoms with Crippen molar-refractivity contribution in [1.82, 2.24) is 5.32 Å². The monoisotopic (exact) mass is 363 g/mol. The predicted molar refractivity (Wildman–Crippen MR) is 90.9 cm³/mol. The van der Waals surface area contributed by atoms with Crippen LogP contribution in [0.4, 0.5) is 0 Å². The Balaban J connectivity index is 0.000000677. The van der Waals surface area contributed by atoms with Crippen LogP contribution in [0.1, 0.15) is 54.4 Å². The van der Waals surface area contributed by atoms with Gasteiger partial charge in [0.15, 0.2) is 0 Å². The van der Waals surface area contributed by atoms with E-state index in [4.69, 9.17) is 0 Å². The topological polar surface area (TPSA) is 12.0 Å². The Morgan fingerprint density at radius 2 is 1.71 bits per heavy atom. The van der Waals surface area contributed by atoms with Crippen molar-refractivity contribution in [3.63, 3.8) is 0 Å². The van der Waals surface area contributed by atoms with E-state index >= 15 is 0 Å². The van der Waals surface area contributed by atoms with Gasteiger partial charge in [-0.15, -0.1) is 0 Å². The molecular formula is C19H31NZr. The molecule has 0 amide bonds. The summed E-state index contributed by atoms with van der Waals surface area (Å²) >= 11 is -0.573. The zero-order chi connectivity index (χ0) is 16.2.